The van der Waals surface area contributed by atoms with Gasteiger partial charge in [-0.25, -0.2) is 4.98 Å². The second kappa shape index (κ2) is 8.14. The van der Waals surface area contributed by atoms with E-state index in [-0.39, 0.29) is 17.4 Å². The molecule has 1 saturated heterocycles. The van der Waals surface area contributed by atoms with E-state index in [1.165, 1.54) is 21.1 Å². The maximum Gasteiger partial charge on any atom is 0.314 e. The number of H-pyrrole nitrogens is 1. The van der Waals surface area contributed by atoms with Gasteiger partial charge in [0.1, 0.15) is 17.3 Å². The van der Waals surface area contributed by atoms with Gasteiger partial charge in [0.15, 0.2) is 5.82 Å². The van der Waals surface area contributed by atoms with E-state index in [1.54, 1.807) is 11.3 Å². The van der Waals surface area contributed by atoms with Gasteiger partial charge in [0.25, 0.3) is 5.56 Å². The van der Waals surface area contributed by atoms with E-state index in [0.717, 1.165) is 41.2 Å². The highest BCUT2D eigenvalue weighted by molar-refractivity contribution is 7.19. The molecule has 0 saturated carbocycles. The van der Waals surface area contributed by atoms with Crippen molar-refractivity contribution in [1.82, 2.24) is 9.97 Å². The van der Waals surface area contributed by atoms with Crippen molar-refractivity contribution in [2.24, 2.45) is 5.92 Å². The van der Waals surface area contributed by atoms with Gasteiger partial charge < -0.3 is 14.6 Å². The summed E-state index contributed by atoms with van der Waals surface area (Å²) in [4.78, 5) is 36.9. The minimum Gasteiger partial charge on any atom is -0.466 e. The highest BCUT2D eigenvalue weighted by Crippen LogP contribution is 2.34. The van der Waals surface area contributed by atoms with E-state index < -0.39 is 0 Å². The van der Waals surface area contributed by atoms with Crippen LogP contribution in [0.4, 0.5) is 0 Å². The Balaban J connectivity index is 1.55. The number of aryl methyl sites for hydroxylation is 1. The first-order valence-electron chi connectivity index (χ1n) is 9.62. The van der Waals surface area contributed by atoms with Crippen LogP contribution in [0.5, 0.6) is 0 Å². The number of aromatic amines is 1. The molecular weight excluding hydrogens is 394 g/mol. The van der Waals surface area contributed by atoms with Crippen molar-refractivity contribution in [3.8, 4) is 10.4 Å². The molecule has 148 valence electrons. The van der Waals surface area contributed by atoms with Gasteiger partial charge in [-0.1, -0.05) is 0 Å². The quantitative estimate of drug-likeness (QED) is 0.624. The number of rotatable bonds is 5. The van der Waals surface area contributed by atoms with Gasteiger partial charge in [0.2, 0.25) is 0 Å². The third-order valence-corrected chi connectivity index (χ3v) is 7.06. The first kappa shape index (κ1) is 19.3. The predicted molar refractivity (Wildman–Crippen MR) is 112 cm³/mol. The van der Waals surface area contributed by atoms with Crippen LogP contribution in [0.1, 0.15) is 30.5 Å². The molecule has 2 N–H and O–H groups in total. The fraction of sp³-hybridized carbons (Fsp3) is 0.450. The normalized spacial score (nSPS) is 19.8. The Morgan fingerprint density at radius 1 is 1.43 bits per heavy atom. The Hall–Kier alpha value is -2.03. The van der Waals surface area contributed by atoms with Gasteiger partial charge in [0.05, 0.1) is 25.1 Å². The molecule has 3 aromatic rings. The molecule has 0 radical (unpaired) electrons. The van der Waals surface area contributed by atoms with Crippen LogP contribution in [0.2, 0.25) is 0 Å². The molecule has 4 rings (SSSR count). The Labute approximate surface area is 171 Å². The van der Waals surface area contributed by atoms with Crippen LogP contribution in [-0.4, -0.2) is 35.6 Å². The number of hydrogen-bond donors (Lipinski definition) is 2. The molecule has 0 amide bonds. The van der Waals surface area contributed by atoms with Crippen LogP contribution >= 0.6 is 22.7 Å². The smallest absolute Gasteiger partial charge is 0.314 e. The average molecular weight is 419 g/mol. The molecule has 4 heterocycles. The number of likely N-dealkylation sites (tertiary alicyclic amines) is 1. The molecule has 1 unspecified atom stereocenters. The molecular formula is C20H24N3O3S2+. The van der Waals surface area contributed by atoms with Crippen LogP contribution in [0.25, 0.3) is 20.7 Å². The highest BCUT2D eigenvalue weighted by atomic mass is 32.1. The summed E-state index contributed by atoms with van der Waals surface area (Å²) in [6, 6.07) is 4.13. The molecule has 8 heteroatoms. The maximum absolute atomic E-state index is 12.8. The molecule has 1 fully saturated rings. The monoisotopic (exact) mass is 418 g/mol. The second-order valence-corrected chi connectivity index (χ2v) is 9.37. The van der Waals surface area contributed by atoms with Crippen LogP contribution in [0.3, 0.4) is 0 Å². The standard InChI is InChI=1S/C20H23N3O3S2/c1-3-26-20(25)13-5-4-8-23(9-13)10-16-21-18(24)17-14(11-27-19(17)22-16)15-7-6-12(2)28-15/h6-7,11,13H,3-5,8-10H2,1-2H3,(H,21,22,24)/p+1/t13-/m0/s1. The first-order valence-corrected chi connectivity index (χ1v) is 11.3. The number of nitrogens with zero attached hydrogens (tertiary/aromatic N) is 1. The molecule has 0 bridgehead atoms. The average Bonchev–Trinajstić information content (AvgIpc) is 3.28. The molecule has 3 aromatic heterocycles. The SMILES string of the molecule is CCOC(=O)[C@H]1CCC[NH+](Cc2nc3scc(-c4ccc(C)s4)c3c(=O)[nH]2)C1. The predicted octanol–water partition coefficient (Wildman–Crippen LogP) is 2.38. The van der Waals surface area contributed by atoms with Gasteiger partial charge in [-0.15, -0.1) is 22.7 Å². The van der Waals surface area contributed by atoms with Crippen molar-refractivity contribution in [3.05, 3.63) is 38.6 Å². The molecule has 2 atom stereocenters. The summed E-state index contributed by atoms with van der Waals surface area (Å²) in [5.74, 6) is 0.521. The Kier molecular flexibility index (Phi) is 5.61. The zero-order valence-electron chi connectivity index (χ0n) is 16.0. The minimum absolute atomic E-state index is 0.0606. The van der Waals surface area contributed by atoms with E-state index in [1.807, 2.05) is 12.3 Å². The molecule has 28 heavy (non-hydrogen) atoms. The number of ether oxygens (including phenoxy) is 1. The van der Waals surface area contributed by atoms with Crippen molar-refractivity contribution in [1.29, 1.82) is 0 Å². The maximum atomic E-state index is 12.8. The van der Waals surface area contributed by atoms with Crippen molar-refractivity contribution in [3.63, 3.8) is 0 Å². The molecule has 6 nitrogen and oxygen atoms in total. The fourth-order valence-corrected chi connectivity index (χ4v) is 5.77. The summed E-state index contributed by atoms with van der Waals surface area (Å²) >= 11 is 3.20. The van der Waals surface area contributed by atoms with E-state index in [2.05, 4.69) is 24.0 Å². The lowest BCUT2D eigenvalue weighted by Crippen LogP contribution is -3.12. The number of thiophene rings is 2. The third kappa shape index (κ3) is 3.90. The van der Waals surface area contributed by atoms with Gasteiger partial charge in [-0.3, -0.25) is 9.59 Å². The third-order valence-electron chi connectivity index (χ3n) is 5.15. The Morgan fingerprint density at radius 2 is 2.29 bits per heavy atom. The van der Waals surface area contributed by atoms with Gasteiger partial charge in [-0.2, -0.15) is 0 Å². The zero-order valence-corrected chi connectivity index (χ0v) is 17.7. The lowest BCUT2D eigenvalue weighted by Gasteiger charge is -2.28. The number of nitrogens with one attached hydrogen (secondary N) is 2. The Morgan fingerprint density at radius 3 is 3.04 bits per heavy atom. The highest BCUT2D eigenvalue weighted by Gasteiger charge is 2.30. The number of carbonyl (C=O) groups is 1. The summed E-state index contributed by atoms with van der Waals surface area (Å²) in [5, 5.41) is 2.70. The lowest BCUT2D eigenvalue weighted by atomic mass is 9.98. The van der Waals surface area contributed by atoms with Crippen LogP contribution < -0.4 is 10.5 Å². The van der Waals surface area contributed by atoms with E-state index >= 15 is 0 Å². The van der Waals surface area contributed by atoms with E-state index in [9.17, 15) is 9.59 Å². The van der Waals surface area contributed by atoms with Crippen LogP contribution in [0, 0.1) is 12.8 Å². The molecule has 0 aromatic carbocycles. The number of quaternary nitrogens is 1. The molecule has 1 aliphatic rings. The minimum atomic E-state index is -0.106. The number of aromatic nitrogens is 2. The Bertz CT molecular complexity index is 1050. The van der Waals surface area contributed by atoms with Gasteiger partial charge in [0, 0.05) is 20.7 Å². The van der Waals surface area contributed by atoms with Crippen LogP contribution in [0.15, 0.2) is 22.3 Å². The number of esters is 1. The number of piperidine rings is 1. The summed E-state index contributed by atoms with van der Waals surface area (Å²) in [6.07, 6.45) is 1.85. The zero-order chi connectivity index (χ0) is 19.7. The first-order chi connectivity index (χ1) is 13.5. The molecule has 0 aliphatic carbocycles. The van der Waals surface area contributed by atoms with Crippen LogP contribution in [-0.2, 0) is 16.1 Å². The van der Waals surface area contributed by atoms with Crippen molar-refractivity contribution < 1.29 is 14.4 Å². The van der Waals surface area contributed by atoms with Gasteiger partial charge in [-0.05, 0) is 38.8 Å². The van der Waals surface area contributed by atoms with Crippen molar-refractivity contribution >= 4 is 38.9 Å². The number of hydrogen-bond acceptors (Lipinski definition) is 6. The molecule has 0 spiro atoms. The summed E-state index contributed by atoms with van der Waals surface area (Å²) < 4.78 is 5.18. The summed E-state index contributed by atoms with van der Waals surface area (Å²) in [5.41, 5.74) is 0.881. The van der Waals surface area contributed by atoms with E-state index in [4.69, 9.17) is 9.72 Å². The topological polar surface area (TPSA) is 76.5 Å². The fourth-order valence-electron chi connectivity index (χ4n) is 3.85. The summed E-state index contributed by atoms with van der Waals surface area (Å²) in [6.45, 7) is 6.63. The summed E-state index contributed by atoms with van der Waals surface area (Å²) in [7, 11) is 0. The lowest BCUT2D eigenvalue weighted by molar-refractivity contribution is -0.921. The number of carbonyl (C=O) groups excluding carboxylic acids is 1. The molecule has 1 aliphatic heterocycles. The largest absolute Gasteiger partial charge is 0.466 e. The van der Waals surface area contributed by atoms with Gasteiger partial charge >= 0.3 is 5.97 Å². The second-order valence-electron chi connectivity index (χ2n) is 7.22. The number of fused-ring (bicyclic) bond motifs is 1. The van der Waals surface area contributed by atoms with E-state index in [0.29, 0.717) is 24.4 Å². The van der Waals surface area contributed by atoms with Crippen molar-refractivity contribution in [2.75, 3.05) is 19.7 Å². The van der Waals surface area contributed by atoms with Crippen molar-refractivity contribution in [2.45, 2.75) is 33.2 Å².